The number of hydrogen-bond acceptors (Lipinski definition) is 2. The van der Waals surface area contributed by atoms with E-state index in [1.165, 1.54) is 0 Å². The molecule has 1 saturated heterocycles. The number of aliphatic hydroxyl groups is 1. The van der Waals surface area contributed by atoms with Gasteiger partial charge in [0.05, 0.1) is 17.1 Å². The van der Waals surface area contributed by atoms with Crippen molar-refractivity contribution in [3.8, 4) is 0 Å². The second-order valence-electron chi connectivity index (χ2n) is 11.0. The Balaban J connectivity index is 1.87. The molecule has 1 N–H and O–H groups in total. The van der Waals surface area contributed by atoms with Crippen LogP contribution < -0.4 is 0 Å². The van der Waals surface area contributed by atoms with Gasteiger partial charge >= 0.3 is 0 Å². The maximum absolute atomic E-state index is 14.3. The van der Waals surface area contributed by atoms with E-state index in [1.807, 2.05) is 55.5 Å². The molecule has 35 heavy (non-hydrogen) atoms. The molecule has 3 nitrogen and oxygen atoms in total. The molecular formula is C30H37Cl2NO2. The van der Waals surface area contributed by atoms with Gasteiger partial charge in [0.15, 0.2) is 0 Å². The summed E-state index contributed by atoms with van der Waals surface area (Å²) in [5.74, 6) is 0.486. The van der Waals surface area contributed by atoms with Crippen LogP contribution in [0.5, 0.6) is 0 Å². The van der Waals surface area contributed by atoms with Gasteiger partial charge in [-0.05, 0) is 86.8 Å². The molecule has 4 rings (SSSR count). The van der Waals surface area contributed by atoms with E-state index < -0.39 is 11.0 Å². The van der Waals surface area contributed by atoms with Crippen molar-refractivity contribution in [3.63, 3.8) is 0 Å². The number of likely N-dealkylation sites (tertiary alicyclic amines) is 1. The van der Waals surface area contributed by atoms with Crippen LogP contribution in [0.1, 0.15) is 82.4 Å². The van der Waals surface area contributed by atoms with Crippen LogP contribution in [0.25, 0.3) is 0 Å². The molecule has 0 bridgehead atoms. The van der Waals surface area contributed by atoms with Gasteiger partial charge in [-0.2, -0.15) is 0 Å². The van der Waals surface area contributed by atoms with Crippen LogP contribution in [0, 0.1) is 11.3 Å². The number of rotatable bonds is 9. The monoisotopic (exact) mass is 513 g/mol. The summed E-state index contributed by atoms with van der Waals surface area (Å²) in [6, 6.07) is 15.6. The number of amides is 1. The van der Waals surface area contributed by atoms with Crippen molar-refractivity contribution in [2.24, 2.45) is 11.3 Å². The lowest BCUT2D eigenvalue weighted by atomic mass is 9.66. The molecule has 1 saturated carbocycles. The third-order valence-corrected chi connectivity index (χ3v) is 8.64. The fourth-order valence-corrected chi connectivity index (χ4v) is 6.40. The van der Waals surface area contributed by atoms with Crippen molar-refractivity contribution in [3.05, 3.63) is 82.4 Å². The van der Waals surface area contributed by atoms with Gasteiger partial charge in [0.2, 0.25) is 5.91 Å². The standard InChI is InChI=1S/C30H37Cl2NO2/c1-5-16-29(3)19-26(21-8-7-9-24(32)17-21)27(20-10-14-23(31)15-11-20)33(28(29)34)25(6-2)18-30(4,35)22-12-13-22/h5,7-11,14-15,17,22,25-27,35H,1,6,12-13,16,18-19H2,2-4H3/t25-,26+,27+,29-,30+/m0/s1. The molecule has 2 fully saturated rings. The number of carbonyl (C=O) groups excluding carboxylic acids is 1. The molecule has 0 unspecified atom stereocenters. The predicted octanol–water partition coefficient (Wildman–Crippen LogP) is 7.96. The highest BCUT2D eigenvalue weighted by molar-refractivity contribution is 6.30. The summed E-state index contributed by atoms with van der Waals surface area (Å²) in [5, 5.41) is 12.7. The number of halogens is 2. The smallest absolute Gasteiger partial charge is 0.229 e. The van der Waals surface area contributed by atoms with E-state index in [4.69, 9.17) is 23.2 Å². The van der Waals surface area contributed by atoms with Crippen LogP contribution in [0.4, 0.5) is 0 Å². The molecule has 0 aromatic heterocycles. The van der Waals surface area contributed by atoms with E-state index >= 15 is 0 Å². The van der Waals surface area contributed by atoms with Gasteiger partial charge in [0.25, 0.3) is 0 Å². The minimum absolute atomic E-state index is 0.0393. The molecule has 0 radical (unpaired) electrons. The third kappa shape index (κ3) is 5.48. The summed E-state index contributed by atoms with van der Waals surface area (Å²) in [4.78, 5) is 16.4. The topological polar surface area (TPSA) is 40.5 Å². The zero-order chi connectivity index (χ0) is 25.4. The number of piperidine rings is 1. The molecule has 1 aliphatic carbocycles. The maximum atomic E-state index is 14.3. The highest BCUT2D eigenvalue weighted by Crippen LogP contribution is 2.53. The first-order valence-corrected chi connectivity index (χ1v) is 13.5. The van der Waals surface area contributed by atoms with Crippen molar-refractivity contribution in [1.29, 1.82) is 0 Å². The highest BCUT2D eigenvalue weighted by Gasteiger charge is 2.52. The molecule has 1 amide bonds. The van der Waals surface area contributed by atoms with Gasteiger partial charge in [0, 0.05) is 22.0 Å². The van der Waals surface area contributed by atoms with E-state index in [0.29, 0.717) is 35.2 Å². The van der Waals surface area contributed by atoms with Crippen LogP contribution in [0.3, 0.4) is 0 Å². The van der Waals surface area contributed by atoms with Crippen LogP contribution in [0.15, 0.2) is 61.2 Å². The van der Waals surface area contributed by atoms with Crippen LogP contribution in [-0.2, 0) is 4.79 Å². The van der Waals surface area contributed by atoms with Crippen molar-refractivity contribution in [2.75, 3.05) is 0 Å². The fraction of sp³-hybridized carbons (Fsp3) is 0.500. The Morgan fingerprint density at radius 1 is 1.17 bits per heavy atom. The van der Waals surface area contributed by atoms with Crippen LogP contribution in [0.2, 0.25) is 10.0 Å². The molecule has 2 aliphatic rings. The number of nitrogens with zero attached hydrogens (tertiary/aromatic N) is 1. The van der Waals surface area contributed by atoms with E-state index in [-0.39, 0.29) is 23.9 Å². The number of carbonyl (C=O) groups is 1. The van der Waals surface area contributed by atoms with Crippen molar-refractivity contribution in [2.45, 2.75) is 82.9 Å². The molecule has 2 aromatic carbocycles. The van der Waals surface area contributed by atoms with Crippen molar-refractivity contribution >= 4 is 29.1 Å². The minimum atomic E-state index is -0.788. The summed E-state index contributed by atoms with van der Waals surface area (Å²) in [6.07, 6.45) is 6.59. The molecule has 5 atom stereocenters. The SMILES string of the molecule is C=CC[C@@]1(C)C[C@H](c2cccc(Cl)c2)[C@@H](c2ccc(Cl)cc2)N([C@@H](CC)C[C@@](C)(O)C2CC2)C1=O. The Labute approximate surface area is 220 Å². The summed E-state index contributed by atoms with van der Waals surface area (Å²) in [5.41, 5.74) is 0.798. The summed E-state index contributed by atoms with van der Waals surface area (Å²) < 4.78 is 0. The lowest BCUT2D eigenvalue weighted by Crippen LogP contribution is -2.56. The molecule has 1 aliphatic heterocycles. The van der Waals surface area contributed by atoms with E-state index in [2.05, 4.69) is 31.4 Å². The van der Waals surface area contributed by atoms with Gasteiger partial charge in [-0.3, -0.25) is 4.79 Å². The molecule has 2 aromatic rings. The zero-order valence-electron chi connectivity index (χ0n) is 21.0. The molecular weight excluding hydrogens is 477 g/mol. The highest BCUT2D eigenvalue weighted by atomic mass is 35.5. The Hall–Kier alpha value is -1.81. The normalized spacial score (nSPS) is 27.4. The molecule has 5 heteroatoms. The summed E-state index contributed by atoms with van der Waals surface area (Å²) >= 11 is 12.7. The van der Waals surface area contributed by atoms with Crippen molar-refractivity contribution < 1.29 is 9.90 Å². The average molecular weight is 515 g/mol. The maximum Gasteiger partial charge on any atom is 0.229 e. The lowest BCUT2D eigenvalue weighted by molar-refractivity contribution is -0.156. The Morgan fingerprint density at radius 3 is 2.43 bits per heavy atom. The van der Waals surface area contributed by atoms with E-state index in [0.717, 1.165) is 30.4 Å². The molecule has 188 valence electrons. The van der Waals surface area contributed by atoms with Crippen molar-refractivity contribution in [1.82, 2.24) is 4.90 Å². The van der Waals surface area contributed by atoms with Gasteiger partial charge < -0.3 is 10.0 Å². The molecule has 0 spiro atoms. The van der Waals surface area contributed by atoms with Gasteiger partial charge in [0.1, 0.15) is 0 Å². The molecule has 1 heterocycles. The second kappa shape index (κ2) is 10.3. The largest absolute Gasteiger partial charge is 0.390 e. The Morgan fingerprint density at radius 2 is 1.86 bits per heavy atom. The quantitative estimate of drug-likeness (QED) is 0.345. The Kier molecular flexibility index (Phi) is 7.71. The first-order chi connectivity index (χ1) is 16.6. The fourth-order valence-electron chi connectivity index (χ4n) is 6.08. The predicted molar refractivity (Wildman–Crippen MR) is 145 cm³/mol. The number of benzene rings is 2. The lowest BCUT2D eigenvalue weighted by Gasteiger charge is -2.53. The van der Waals surface area contributed by atoms with Crippen LogP contribution >= 0.6 is 23.2 Å². The second-order valence-corrected chi connectivity index (χ2v) is 11.9. The average Bonchev–Trinajstić information content (AvgIpc) is 3.67. The Bertz CT molecular complexity index is 1060. The van der Waals surface area contributed by atoms with Gasteiger partial charge in [-0.25, -0.2) is 0 Å². The van der Waals surface area contributed by atoms with E-state index in [9.17, 15) is 9.90 Å². The minimum Gasteiger partial charge on any atom is -0.390 e. The first-order valence-electron chi connectivity index (χ1n) is 12.8. The summed E-state index contributed by atoms with van der Waals surface area (Å²) in [6.45, 7) is 10.1. The number of allylic oxidation sites excluding steroid dienone is 1. The first kappa shape index (κ1) is 26.3. The van der Waals surface area contributed by atoms with Gasteiger partial charge in [-0.15, -0.1) is 6.58 Å². The zero-order valence-corrected chi connectivity index (χ0v) is 22.5. The summed E-state index contributed by atoms with van der Waals surface area (Å²) in [7, 11) is 0. The van der Waals surface area contributed by atoms with E-state index in [1.54, 1.807) is 0 Å². The van der Waals surface area contributed by atoms with Gasteiger partial charge in [-0.1, -0.05) is 67.4 Å². The number of hydrogen-bond donors (Lipinski definition) is 1. The third-order valence-electron chi connectivity index (χ3n) is 8.16. The van der Waals surface area contributed by atoms with Crippen LogP contribution in [-0.4, -0.2) is 27.6 Å².